The van der Waals surface area contributed by atoms with Crippen LogP contribution in [-0.2, 0) is 13.0 Å². The molecule has 0 fully saturated rings. The van der Waals surface area contributed by atoms with E-state index >= 15 is 0 Å². The Morgan fingerprint density at radius 2 is 1.96 bits per heavy atom. The normalized spacial score (nSPS) is 16.5. The lowest BCUT2D eigenvalue weighted by Gasteiger charge is -2.30. The van der Waals surface area contributed by atoms with E-state index in [4.69, 9.17) is 27.9 Å². The lowest BCUT2D eigenvalue weighted by Crippen LogP contribution is -3.06. The van der Waals surface area contributed by atoms with Gasteiger partial charge in [-0.15, -0.1) is 0 Å². The van der Waals surface area contributed by atoms with Crippen molar-refractivity contribution >= 4 is 23.2 Å². The van der Waals surface area contributed by atoms with Gasteiger partial charge in [0.05, 0.1) is 19.1 Å². The SMILES string of the molecule is C[NH+](C)C1CCCc2c(OCc3cccc(Cl)c3)ccc(Cl)c21.[Br-]. The number of hydrogen-bond acceptors (Lipinski definition) is 1. The maximum absolute atomic E-state index is 6.50. The van der Waals surface area contributed by atoms with Crippen molar-refractivity contribution in [1.82, 2.24) is 0 Å². The van der Waals surface area contributed by atoms with Gasteiger partial charge >= 0.3 is 0 Å². The Kier molecular flexibility index (Phi) is 6.99. The summed E-state index contributed by atoms with van der Waals surface area (Å²) < 4.78 is 6.10. The van der Waals surface area contributed by atoms with Crippen LogP contribution in [0.3, 0.4) is 0 Å². The molecule has 2 nitrogen and oxygen atoms in total. The summed E-state index contributed by atoms with van der Waals surface area (Å²) >= 11 is 12.5. The topological polar surface area (TPSA) is 13.7 Å². The third-order valence-electron chi connectivity index (χ3n) is 4.51. The summed E-state index contributed by atoms with van der Waals surface area (Å²) in [5.41, 5.74) is 3.62. The number of halogens is 3. The molecule has 0 bridgehead atoms. The average Bonchev–Trinajstić information content (AvgIpc) is 2.54. The van der Waals surface area contributed by atoms with Crippen LogP contribution in [0.4, 0.5) is 0 Å². The highest BCUT2D eigenvalue weighted by Crippen LogP contribution is 2.38. The van der Waals surface area contributed by atoms with Crippen LogP contribution in [-0.4, -0.2) is 14.1 Å². The Labute approximate surface area is 164 Å². The second-order valence-electron chi connectivity index (χ2n) is 6.38. The van der Waals surface area contributed by atoms with E-state index in [1.807, 2.05) is 36.4 Å². The highest BCUT2D eigenvalue weighted by Gasteiger charge is 2.29. The summed E-state index contributed by atoms with van der Waals surface area (Å²) in [6, 6.07) is 12.2. The average molecular weight is 431 g/mol. The maximum atomic E-state index is 6.50. The molecule has 1 N–H and O–H groups in total. The summed E-state index contributed by atoms with van der Waals surface area (Å²) in [5.74, 6) is 0.954. The van der Waals surface area contributed by atoms with Crippen LogP contribution < -0.4 is 26.6 Å². The van der Waals surface area contributed by atoms with E-state index in [2.05, 4.69) is 14.1 Å². The Morgan fingerprint density at radius 1 is 1.17 bits per heavy atom. The van der Waals surface area contributed by atoms with Gasteiger partial charge in [-0.3, -0.25) is 0 Å². The summed E-state index contributed by atoms with van der Waals surface area (Å²) in [6.45, 7) is 0.522. The van der Waals surface area contributed by atoms with Crippen LogP contribution in [0.25, 0.3) is 0 Å². The molecule has 0 saturated heterocycles. The Hall–Kier alpha value is -0.740. The van der Waals surface area contributed by atoms with Crippen LogP contribution in [0, 0.1) is 0 Å². The number of benzene rings is 2. The van der Waals surface area contributed by atoms with Gasteiger partial charge in [0.25, 0.3) is 0 Å². The second-order valence-corrected chi connectivity index (χ2v) is 7.22. The van der Waals surface area contributed by atoms with Gasteiger partial charge < -0.3 is 26.6 Å². The Balaban J connectivity index is 0.00000208. The zero-order valence-corrected chi connectivity index (χ0v) is 17.0. The van der Waals surface area contributed by atoms with Crippen molar-refractivity contribution in [3.63, 3.8) is 0 Å². The zero-order valence-electron chi connectivity index (χ0n) is 13.9. The maximum Gasteiger partial charge on any atom is 0.123 e. The van der Waals surface area contributed by atoms with E-state index < -0.39 is 0 Å². The lowest BCUT2D eigenvalue weighted by molar-refractivity contribution is -0.893. The minimum absolute atomic E-state index is 0. The lowest BCUT2D eigenvalue weighted by atomic mass is 9.86. The first-order valence-corrected chi connectivity index (χ1v) is 8.80. The molecule has 0 amide bonds. The first-order valence-electron chi connectivity index (χ1n) is 8.05. The third kappa shape index (κ3) is 4.26. The number of hydrogen-bond donors (Lipinski definition) is 1. The highest BCUT2D eigenvalue weighted by atomic mass is 79.9. The monoisotopic (exact) mass is 429 g/mol. The van der Waals surface area contributed by atoms with Crippen LogP contribution in [0.1, 0.15) is 35.6 Å². The zero-order chi connectivity index (χ0) is 16.4. The van der Waals surface area contributed by atoms with Gasteiger partial charge in [0, 0.05) is 22.6 Å². The van der Waals surface area contributed by atoms with E-state index in [1.54, 1.807) is 0 Å². The van der Waals surface area contributed by atoms with Crippen LogP contribution >= 0.6 is 23.2 Å². The van der Waals surface area contributed by atoms with Gasteiger partial charge in [-0.25, -0.2) is 0 Å². The molecule has 1 aliphatic carbocycles. The smallest absolute Gasteiger partial charge is 0.123 e. The molecule has 1 atom stereocenters. The summed E-state index contributed by atoms with van der Waals surface area (Å²) in [4.78, 5) is 1.42. The van der Waals surface area contributed by atoms with E-state index in [9.17, 15) is 0 Å². The number of rotatable bonds is 4. The minimum atomic E-state index is 0. The molecule has 1 aliphatic rings. The summed E-state index contributed by atoms with van der Waals surface area (Å²) in [5, 5.41) is 1.60. The van der Waals surface area contributed by atoms with Crippen LogP contribution in [0.2, 0.25) is 10.0 Å². The van der Waals surface area contributed by atoms with Crippen molar-refractivity contribution in [2.24, 2.45) is 0 Å². The first-order chi connectivity index (χ1) is 11.1. The van der Waals surface area contributed by atoms with E-state index in [1.165, 1.54) is 28.9 Å². The number of quaternary nitrogens is 1. The second kappa shape index (κ2) is 8.57. The molecule has 0 spiro atoms. The molecule has 0 aromatic heterocycles. The fourth-order valence-corrected chi connectivity index (χ4v) is 3.90. The molecule has 2 aromatic rings. The Bertz CT molecular complexity index is 706. The standard InChI is InChI=1S/C19H21Cl2NO.BrH/c1-22(2)17-8-4-7-15-18(10-9-16(21)19(15)17)23-12-13-5-3-6-14(20)11-13;/h3,5-6,9-11,17H,4,7-8,12H2,1-2H3;1H. The predicted octanol–water partition coefficient (Wildman–Crippen LogP) is 1.10. The van der Waals surface area contributed by atoms with Crippen LogP contribution in [0.5, 0.6) is 5.75 Å². The van der Waals surface area contributed by atoms with E-state index in [-0.39, 0.29) is 17.0 Å². The first kappa shape index (κ1) is 19.6. The van der Waals surface area contributed by atoms with Gasteiger partial charge in [0.1, 0.15) is 18.4 Å². The molecule has 1 unspecified atom stereocenters. The van der Waals surface area contributed by atoms with Crippen molar-refractivity contribution in [1.29, 1.82) is 0 Å². The van der Waals surface area contributed by atoms with Crippen LogP contribution in [0.15, 0.2) is 36.4 Å². The van der Waals surface area contributed by atoms with Gasteiger partial charge in [-0.05, 0) is 42.7 Å². The van der Waals surface area contributed by atoms with E-state index in [0.29, 0.717) is 12.6 Å². The molecule has 0 saturated carbocycles. The molecule has 3 rings (SSSR count). The molecule has 130 valence electrons. The molecule has 0 aliphatic heterocycles. The highest BCUT2D eigenvalue weighted by molar-refractivity contribution is 6.31. The van der Waals surface area contributed by atoms with Crippen molar-refractivity contribution < 1.29 is 26.6 Å². The van der Waals surface area contributed by atoms with Gasteiger partial charge in [0.2, 0.25) is 0 Å². The van der Waals surface area contributed by atoms with Gasteiger partial charge in [0.15, 0.2) is 0 Å². The number of nitrogens with one attached hydrogen (secondary N) is 1. The quantitative estimate of drug-likeness (QED) is 0.766. The Morgan fingerprint density at radius 3 is 2.67 bits per heavy atom. The third-order valence-corrected chi connectivity index (χ3v) is 5.07. The van der Waals surface area contributed by atoms with Crippen molar-refractivity contribution in [3.05, 3.63) is 63.1 Å². The van der Waals surface area contributed by atoms with Crippen molar-refractivity contribution in [2.75, 3.05) is 14.1 Å². The molecule has 24 heavy (non-hydrogen) atoms. The number of ether oxygens (including phenoxy) is 1. The molecule has 0 heterocycles. The van der Waals surface area contributed by atoms with E-state index in [0.717, 1.165) is 27.8 Å². The fraction of sp³-hybridized carbons (Fsp3) is 0.368. The minimum Gasteiger partial charge on any atom is -1.00 e. The molecule has 0 radical (unpaired) electrons. The van der Waals surface area contributed by atoms with Crippen molar-refractivity contribution in [2.45, 2.75) is 31.9 Å². The number of fused-ring (bicyclic) bond motifs is 1. The van der Waals surface area contributed by atoms with Gasteiger partial charge in [-0.2, -0.15) is 0 Å². The van der Waals surface area contributed by atoms with Crippen molar-refractivity contribution in [3.8, 4) is 5.75 Å². The molecular weight excluding hydrogens is 409 g/mol. The summed E-state index contributed by atoms with van der Waals surface area (Å²) in [7, 11) is 4.38. The van der Waals surface area contributed by atoms with Gasteiger partial charge in [-0.1, -0.05) is 35.3 Å². The molecule has 5 heteroatoms. The fourth-order valence-electron chi connectivity index (χ4n) is 3.38. The summed E-state index contributed by atoms with van der Waals surface area (Å²) in [6.07, 6.45) is 3.38. The predicted molar refractivity (Wildman–Crippen MR) is 95.7 cm³/mol. The molecule has 2 aromatic carbocycles. The molecular formula is C19H22BrCl2NO. The largest absolute Gasteiger partial charge is 1.00 e.